The van der Waals surface area contributed by atoms with E-state index >= 15 is 0 Å². The summed E-state index contributed by atoms with van der Waals surface area (Å²) in [6.45, 7) is 3.26. The maximum atomic E-state index is 12.6. The number of anilines is 2. The Hall–Kier alpha value is -3.89. The van der Waals surface area contributed by atoms with Gasteiger partial charge in [0.15, 0.2) is 0 Å². The number of methoxy groups -OCH3 is 1. The van der Waals surface area contributed by atoms with E-state index in [1.54, 1.807) is 43.3 Å². The lowest BCUT2D eigenvalue weighted by molar-refractivity contribution is -0.123. The van der Waals surface area contributed by atoms with E-state index in [4.69, 9.17) is 4.74 Å². The zero-order chi connectivity index (χ0) is 25.4. The maximum Gasteiger partial charge on any atom is 0.323 e. The van der Waals surface area contributed by atoms with Crippen LogP contribution in [0.15, 0.2) is 83.8 Å². The Kier molecular flexibility index (Phi) is 8.45. The third kappa shape index (κ3) is 7.29. The van der Waals surface area contributed by atoms with Crippen molar-refractivity contribution in [2.24, 2.45) is 0 Å². The monoisotopic (exact) mass is 496 g/mol. The second-order valence-corrected chi connectivity index (χ2v) is 9.53. The Morgan fingerprint density at radius 3 is 1.94 bits per heavy atom. The largest absolute Gasteiger partial charge is 0.497 e. The molecule has 0 fully saturated rings. The summed E-state index contributed by atoms with van der Waals surface area (Å²) in [5, 5.41) is 8.27. The number of rotatable bonds is 9. The van der Waals surface area contributed by atoms with Crippen LogP contribution in [0.1, 0.15) is 25.5 Å². The quantitative estimate of drug-likeness (QED) is 0.358. The van der Waals surface area contributed by atoms with Crippen LogP contribution < -0.4 is 25.4 Å². The van der Waals surface area contributed by atoms with Crippen LogP contribution in [-0.4, -0.2) is 33.5 Å². The minimum atomic E-state index is -3.88. The van der Waals surface area contributed by atoms with Gasteiger partial charge in [0.25, 0.3) is 0 Å². The van der Waals surface area contributed by atoms with Crippen molar-refractivity contribution >= 4 is 33.3 Å². The Balaban J connectivity index is 1.53. The number of hydrogen-bond donors (Lipinski definition) is 4. The first kappa shape index (κ1) is 25.7. The number of carbonyl (C=O) groups excluding carboxylic acids is 2. The van der Waals surface area contributed by atoms with Crippen LogP contribution in [0.5, 0.6) is 5.75 Å². The van der Waals surface area contributed by atoms with E-state index in [1.165, 1.54) is 38.3 Å². The first-order valence-corrected chi connectivity index (χ1v) is 12.4. The molecule has 3 amide bonds. The maximum absolute atomic E-state index is 12.6. The van der Waals surface area contributed by atoms with Crippen molar-refractivity contribution in [1.82, 2.24) is 10.0 Å². The molecule has 1 unspecified atom stereocenters. The number of hydrogen-bond acceptors (Lipinski definition) is 5. The summed E-state index contributed by atoms with van der Waals surface area (Å²) in [7, 11) is -2.39. The molecule has 10 heteroatoms. The predicted octanol–water partition coefficient (Wildman–Crippen LogP) is 3.88. The fourth-order valence-electron chi connectivity index (χ4n) is 3.20. The molecule has 35 heavy (non-hydrogen) atoms. The van der Waals surface area contributed by atoms with Crippen LogP contribution in [0.2, 0.25) is 0 Å². The molecule has 3 aromatic carbocycles. The molecule has 0 saturated heterocycles. The summed E-state index contributed by atoms with van der Waals surface area (Å²) in [6, 6.07) is 20.2. The number of nitrogens with one attached hydrogen (secondary N) is 4. The third-order valence-corrected chi connectivity index (χ3v) is 6.71. The van der Waals surface area contributed by atoms with E-state index < -0.39 is 22.0 Å². The average Bonchev–Trinajstić information content (AvgIpc) is 2.84. The highest BCUT2D eigenvalue weighted by molar-refractivity contribution is 7.89. The van der Waals surface area contributed by atoms with Crippen LogP contribution in [0, 0.1) is 0 Å². The molecule has 3 aromatic rings. The second kappa shape index (κ2) is 11.5. The highest BCUT2D eigenvalue weighted by atomic mass is 32.2. The summed E-state index contributed by atoms with van der Waals surface area (Å²) in [5.74, 6) is 0.0561. The van der Waals surface area contributed by atoms with Crippen LogP contribution >= 0.6 is 0 Å². The van der Waals surface area contributed by atoms with Gasteiger partial charge in [-0.2, -0.15) is 4.72 Å². The highest BCUT2D eigenvalue weighted by Crippen LogP contribution is 2.18. The summed E-state index contributed by atoms with van der Waals surface area (Å²) in [5.41, 5.74) is 2.05. The van der Waals surface area contributed by atoms with Gasteiger partial charge in [0.2, 0.25) is 15.9 Å². The Labute approximate surface area is 204 Å². The Bertz CT molecular complexity index is 1250. The number of para-hydroxylation sites is 1. The third-order valence-electron chi connectivity index (χ3n) is 5.15. The summed E-state index contributed by atoms with van der Waals surface area (Å²) >= 11 is 0. The first-order valence-electron chi connectivity index (χ1n) is 10.9. The Morgan fingerprint density at radius 1 is 0.800 bits per heavy atom. The van der Waals surface area contributed by atoms with Crippen molar-refractivity contribution in [1.29, 1.82) is 0 Å². The minimum Gasteiger partial charge on any atom is -0.497 e. The van der Waals surface area contributed by atoms with Crippen LogP contribution in [0.3, 0.4) is 0 Å². The smallest absolute Gasteiger partial charge is 0.323 e. The molecule has 0 radical (unpaired) electrons. The van der Waals surface area contributed by atoms with Gasteiger partial charge < -0.3 is 20.7 Å². The molecular formula is C25H28N4O5S. The van der Waals surface area contributed by atoms with Crippen molar-refractivity contribution < 1.29 is 22.7 Å². The zero-order valence-electron chi connectivity index (χ0n) is 19.6. The lowest BCUT2D eigenvalue weighted by Crippen LogP contribution is -2.45. The van der Waals surface area contributed by atoms with Crippen molar-refractivity contribution in [2.45, 2.75) is 30.8 Å². The van der Waals surface area contributed by atoms with Gasteiger partial charge in [-0.25, -0.2) is 13.2 Å². The SMILES string of the molecule is COc1ccc(S(=O)(=O)N[C@@H](C)C(=O)NC(C)c2ccc(NC(=O)Nc3ccccc3)cc2)cc1. The molecule has 0 aliphatic carbocycles. The van der Waals surface area contributed by atoms with Crippen molar-refractivity contribution in [3.05, 3.63) is 84.4 Å². The number of carbonyl (C=O) groups is 2. The zero-order valence-corrected chi connectivity index (χ0v) is 20.4. The van der Waals surface area contributed by atoms with Gasteiger partial charge in [-0.15, -0.1) is 0 Å². The number of ether oxygens (including phenoxy) is 1. The molecule has 0 bridgehead atoms. The van der Waals surface area contributed by atoms with E-state index in [0.717, 1.165) is 5.56 Å². The van der Waals surface area contributed by atoms with Crippen molar-refractivity contribution in [3.8, 4) is 5.75 Å². The van der Waals surface area contributed by atoms with Gasteiger partial charge >= 0.3 is 6.03 Å². The number of amides is 3. The molecule has 0 heterocycles. The van der Waals surface area contributed by atoms with Gasteiger partial charge in [-0.05, 0) is 67.9 Å². The molecule has 0 aliphatic heterocycles. The van der Waals surface area contributed by atoms with Gasteiger partial charge in [-0.1, -0.05) is 30.3 Å². The number of sulfonamides is 1. The topological polar surface area (TPSA) is 126 Å². The lowest BCUT2D eigenvalue weighted by atomic mass is 10.1. The summed E-state index contributed by atoms with van der Waals surface area (Å²) in [4.78, 5) is 24.8. The molecular weight excluding hydrogens is 468 g/mol. The predicted molar refractivity (Wildman–Crippen MR) is 135 cm³/mol. The Morgan fingerprint density at radius 2 is 1.37 bits per heavy atom. The highest BCUT2D eigenvalue weighted by Gasteiger charge is 2.23. The van der Waals surface area contributed by atoms with E-state index in [-0.39, 0.29) is 17.0 Å². The molecule has 0 spiro atoms. The van der Waals surface area contributed by atoms with E-state index in [9.17, 15) is 18.0 Å². The molecule has 3 rings (SSSR count). The van der Waals surface area contributed by atoms with Crippen LogP contribution in [0.25, 0.3) is 0 Å². The van der Waals surface area contributed by atoms with Crippen LogP contribution in [-0.2, 0) is 14.8 Å². The summed E-state index contributed by atoms with van der Waals surface area (Å²) in [6.07, 6.45) is 0. The number of urea groups is 1. The normalized spacial score (nSPS) is 12.8. The molecule has 0 saturated carbocycles. The van der Waals surface area contributed by atoms with E-state index in [2.05, 4.69) is 20.7 Å². The fourth-order valence-corrected chi connectivity index (χ4v) is 4.40. The molecule has 2 atom stereocenters. The average molecular weight is 497 g/mol. The fraction of sp³-hybridized carbons (Fsp3) is 0.200. The standard InChI is InChI=1S/C25H28N4O5S/c1-17(19-9-11-21(12-10-19)28-25(31)27-20-7-5-4-6-8-20)26-24(30)18(2)29-35(32,33)23-15-13-22(34-3)14-16-23/h4-18,29H,1-3H3,(H,26,30)(H2,27,28,31)/t17?,18-/m0/s1. The van der Waals surface area contributed by atoms with E-state index in [1.807, 2.05) is 18.2 Å². The molecule has 9 nitrogen and oxygen atoms in total. The molecule has 4 N–H and O–H groups in total. The number of benzene rings is 3. The van der Waals surface area contributed by atoms with Crippen molar-refractivity contribution in [3.63, 3.8) is 0 Å². The van der Waals surface area contributed by atoms with Gasteiger partial charge in [-0.3, -0.25) is 4.79 Å². The molecule has 0 aromatic heterocycles. The molecule has 184 valence electrons. The van der Waals surface area contributed by atoms with Gasteiger partial charge in [0, 0.05) is 11.4 Å². The van der Waals surface area contributed by atoms with Crippen LogP contribution in [0.4, 0.5) is 16.2 Å². The second-order valence-electron chi connectivity index (χ2n) is 7.82. The van der Waals surface area contributed by atoms with E-state index in [0.29, 0.717) is 17.1 Å². The molecule has 0 aliphatic rings. The van der Waals surface area contributed by atoms with Gasteiger partial charge in [0.05, 0.1) is 24.1 Å². The lowest BCUT2D eigenvalue weighted by Gasteiger charge is -2.19. The van der Waals surface area contributed by atoms with Gasteiger partial charge in [0.1, 0.15) is 5.75 Å². The summed E-state index contributed by atoms with van der Waals surface area (Å²) < 4.78 is 32.6. The minimum absolute atomic E-state index is 0.0328. The van der Waals surface area contributed by atoms with Crippen molar-refractivity contribution in [2.75, 3.05) is 17.7 Å². The first-order chi connectivity index (χ1) is 16.7.